The quantitative estimate of drug-likeness (QED) is 0.727. The van der Waals surface area contributed by atoms with E-state index in [4.69, 9.17) is 24.7 Å². The van der Waals surface area contributed by atoms with Gasteiger partial charge in [0.05, 0.1) is 26.4 Å². The predicted molar refractivity (Wildman–Crippen MR) is 96.0 cm³/mol. The highest BCUT2D eigenvalue weighted by molar-refractivity contribution is 6.00. The fraction of sp³-hybridized carbons (Fsp3) is 0.526. The second-order valence-electron chi connectivity index (χ2n) is 6.33. The number of nitrogens with two attached hydrogens (primary N) is 1. The van der Waals surface area contributed by atoms with E-state index in [9.17, 15) is 10.5 Å². The molecule has 3 atom stereocenters. The summed E-state index contributed by atoms with van der Waals surface area (Å²) in [4.78, 5) is 4.32. The molecule has 1 aliphatic heterocycles. The lowest BCUT2D eigenvalue weighted by atomic mass is 9.93. The highest BCUT2D eigenvalue weighted by Gasteiger charge is 2.94. The van der Waals surface area contributed by atoms with Gasteiger partial charge in [-0.2, -0.15) is 10.5 Å². The third kappa shape index (κ3) is 2.05. The molecule has 0 unspecified atom stereocenters. The first-order chi connectivity index (χ1) is 13.0. The maximum absolute atomic E-state index is 10.2. The van der Waals surface area contributed by atoms with E-state index in [1.165, 1.54) is 7.11 Å². The van der Waals surface area contributed by atoms with Crippen LogP contribution in [0.15, 0.2) is 23.2 Å². The van der Waals surface area contributed by atoms with E-state index < -0.39 is 22.7 Å². The third-order valence-electron chi connectivity index (χ3n) is 5.36. The summed E-state index contributed by atoms with van der Waals surface area (Å²) < 4.78 is 22.4. The van der Waals surface area contributed by atoms with Crippen molar-refractivity contribution < 1.29 is 18.9 Å². The molecular weight excluding hydrogens is 348 g/mol. The SMILES string of the molecule is CCOC1(OCC)N=C(N)[C@@]2(C#N)[C@@H](c3ccc(OC)cc3OC)[C@@]12C#N. The maximum atomic E-state index is 10.2. The summed E-state index contributed by atoms with van der Waals surface area (Å²) in [6.07, 6.45) is 0. The fourth-order valence-corrected chi connectivity index (χ4v) is 4.27. The molecule has 8 nitrogen and oxygen atoms in total. The average molecular weight is 370 g/mol. The van der Waals surface area contributed by atoms with E-state index in [-0.39, 0.29) is 19.0 Å². The van der Waals surface area contributed by atoms with Crippen LogP contribution >= 0.6 is 0 Å². The number of nitriles is 2. The zero-order chi connectivity index (χ0) is 19.9. The van der Waals surface area contributed by atoms with Crippen molar-refractivity contribution in [1.29, 1.82) is 10.5 Å². The number of hydrogen-bond donors (Lipinski definition) is 1. The summed E-state index contributed by atoms with van der Waals surface area (Å²) in [5.74, 6) is -1.12. The van der Waals surface area contributed by atoms with Crippen LogP contribution in [0.25, 0.3) is 0 Å². The van der Waals surface area contributed by atoms with Crippen LogP contribution in [-0.4, -0.2) is 39.2 Å². The molecule has 27 heavy (non-hydrogen) atoms. The molecule has 1 aromatic rings. The standard InChI is InChI=1S/C19H22N4O4/c1-5-26-19(27-6-2)18(11-21)15(17(18,10-20)16(22)23-19)13-8-7-12(24-3)9-14(13)25-4/h7-9,15H,5-6H2,1-4H3,(H2,22,23)/t15-,17-,18-/m1/s1. The smallest absolute Gasteiger partial charge is 0.293 e. The number of benzene rings is 1. The van der Waals surface area contributed by atoms with Crippen LogP contribution in [0.5, 0.6) is 11.5 Å². The lowest BCUT2D eigenvalue weighted by Crippen LogP contribution is -2.43. The molecule has 2 N–H and O–H groups in total. The van der Waals surface area contributed by atoms with Crippen LogP contribution in [0.4, 0.5) is 0 Å². The van der Waals surface area contributed by atoms with Crippen LogP contribution < -0.4 is 15.2 Å². The molecule has 1 fully saturated rings. The van der Waals surface area contributed by atoms with Crippen LogP contribution in [0, 0.1) is 33.5 Å². The fourth-order valence-electron chi connectivity index (χ4n) is 4.27. The average Bonchev–Trinajstić information content (AvgIpc) is 3.26. The van der Waals surface area contributed by atoms with Gasteiger partial charge in [-0.1, -0.05) is 6.07 Å². The van der Waals surface area contributed by atoms with Gasteiger partial charge in [-0.25, -0.2) is 4.99 Å². The van der Waals surface area contributed by atoms with E-state index in [1.54, 1.807) is 39.2 Å². The Morgan fingerprint density at radius 2 is 1.78 bits per heavy atom. The molecule has 1 saturated carbocycles. The highest BCUT2D eigenvalue weighted by Crippen LogP contribution is 2.82. The van der Waals surface area contributed by atoms with Gasteiger partial charge in [-0.15, -0.1) is 0 Å². The van der Waals surface area contributed by atoms with Crippen molar-refractivity contribution >= 4 is 5.84 Å². The first kappa shape index (κ1) is 19.0. The van der Waals surface area contributed by atoms with Crippen molar-refractivity contribution in [2.24, 2.45) is 21.6 Å². The Bertz CT molecular complexity index is 865. The molecule has 2 aliphatic rings. The molecule has 0 aromatic heterocycles. The summed E-state index contributed by atoms with van der Waals surface area (Å²) in [6.45, 7) is 4.03. The van der Waals surface area contributed by atoms with Crippen LogP contribution in [0.1, 0.15) is 25.3 Å². The molecule has 1 aromatic carbocycles. The molecular formula is C19H22N4O4. The van der Waals surface area contributed by atoms with Gasteiger partial charge in [0.15, 0.2) is 5.41 Å². The second-order valence-corrected chi connectivity index (χ2v) is 6.33. The molecule has 8 heteroatoms. The second kappa shape index (κ2) is 6.41. The van der Waals surface area contributed by atoms with Crippen LogP contribution in [0.3, 0.4) is 0 Å². The molecule has 1 heterocycles. The Morgan fingerprint density at radius 3 is 2.26 bits per heavy atom. The van der Waals surface area contributed by atoms with Gasteiger partial charge < -0.3 is 24.7 Å². The molecule has 0 amide bonds. The molecule has 1 aliphatic carbocycles. The molecule has 0 spiro atoms. The molecule has 0 bridgehead atoms. The summed E-state index contributed by atoms with van der Waals surface area (Å²) in [5, 5.41) is 20.3. The van der Waals surface area contributed by atoms with Gasteiger partial charge in [-0.3, -0.25) is 0 Å². The Hall–Kier alpha value is -2.81. The number of nitrogens with zero attached hydrogens (tertiary/aromatic N) is 3. The van der Waals surface area contributed by atoms with E-state index in [0.29, 0.717) is 17.1 Å². The number of hydrogen-bond acceptors (Lipinski definition) is 8. The molecule has 3 rings (SSSR count). The number of methoxy groups -OCH3 is 2. The molecule has 0 saturated heterocycles. The van der Waals surface area contributed by atoms with Crippen molar-refractivity contribution in [3.8, 4) is 23.6 Å². The van der Waals surface area contributed by atoms with Crippen molar-refractivity contribution in [2.45, 2.75) is 25.7 Å². The first-order valence-corrected chi connectivity index (χ1v) is 8.66. The van der Waals surface area contributed by atoms with Gasteiger partial charge in [-0.05, 0) is 19.9 Å². The van der Waals surface area contributed by atoms with Crippen molar-refractivity contribution in [2.75, 3.05) is 27.4 Å². The van der Waals surface area contributed by atoms with Crippen molar-refractivity contribution in [3.05, 3.63) is 23.8 Å². The Kier molecular flexibility index (Phi) is 4.51. The summed E-state index contributed by atoms with van der Waals surface area (Å²) in [7, 11) is 3.07. The van der Waals surface area contributed by atoms with Gasteiger partial charge >= 0.3 is 0 Å². The van der Waals surface area contributed by atoms with E-state index in [0.717, 1.165) is 0 Å². The number of ether oxygens (including phenoxy) is 4. The minimum atomic E-state index is -1.64. The van der Waals surface area contributed by atoms with Gasteiger partial charge in [0.1, 0.15) is 22.7 Å². The van der Waals surface area contributed by atoms with Gasteiger partial charge in [0, 0.05) is 30.8 Å². The predicted octanol–water partition coefficient (Wildman–Crippen LogP) is 1.92. The summed E-state index contributed by atoms with van der Waals surface area (Å²) in [5.41, 5.74) is 4.08. The number of amidine groups is 1. The molecule has 0 radical (unpaired) electrons. The van der Waals surface area contributed by atoms with Crippen LogP contribution in [-0.2, 0) is 9.47 Å². The Morgan fingerprint density at radius 1 is 1.11 bits per heavy atom. The number of rotatable bonds is 7. The van der Waals surface area contributed by atoms with Crippen molar-refractivity contribution in [1.82, 2.24) is 0 Å². The van der Waals surface area contributed by atoms with Gasteiger partial charge in [0.2, 0.25) is 0 Å². The van der Waals surface area contributed by atoms with E-state index >= 15 is 0 Å². The third-order valence-corrected chi connectivity index (χ3v) is 5.36. The zero-order valence-corrected chi connectivity index (χ0v) is 15.8. The lowest BCUT2D eigenvalue weighted by molar-refractivity contribution is -0.255. The number of aliphatic imine (C=N–C) groups is 1. The first-order valence-electron chi connectivity index (χ1n) is 8.66. The van der Waals surface area contributed by atoms with E-state index in [1.807, 2.05) is 0 Å². The monoisotopic (exact) mass is 370 g/mol. The lowest BCUT2D eigenvalue weighted by Gasteiger charge is -2.31. The zero-order valence-electron chi connectivity index (χ0n) is 15.8. The summed E-state index contributed by atoms with van der Waals surface area (Å²) >= 11 is 0. The Balaban J connectivity index is 2.24. The molecule has 142 valence electrons. The highest BCUT2D eigenvalue weighted by atomic mass is 16.7. The maximum Gasteiger partial charge on any atom is 0.293 e. The van der Waals surface area contributed by atoms with E-state index in [2.05, 4.69) is 17.1 Å². The topological polar surface area (TPSA) is 123 Å². The Labute approximate surface area is 158 Å². The van der Waals surface area contributed by atoms with Crippen LogP contribution in [0.2, 0.25) is 0 Å². The summed E-state index contributed by atoms with van der Waals surface area (Å²) in [6, 6.07) is 9.73. The minimum absolute atomic E-state index is 0.0383. The minimum Gasteiger partial charge on any atom is -0.497 e. The normalized spacial score (nSPS) is 29.9. The number of fused-ring (bicyclic) bond motifs is 1. The van der Waals surface area contributed by atoms with Gasteiger partial charge in [0.25, 0.3) is 5.91 Å². The largest absolute Gasteiger partial charge is 0.497 e. The van der Waals surface area contributed by atoms with Crippen molar-refractivity contribution in [3.63, 3.8) is 0 Å².